The van der Waals surface area contributed by atoms with Crippen molar-refractivity contribution >= 4 is 17.7 Å². The molecular formula is C30H55N3O4. The Labute approximate surface area is 226 Å². The molecule has 3 N–H and O–H groups in total. The molecule has 3 unspecified atom stereocenters. The first-order chi connectivity index (χ1) is 16.6. The molecule has 0 aromatic carbocycles. The predicted molar refractivity (Wildman–Crippen MR) is 151 cm³/mol. The minimum Gasteiger partial charge on any atom is -0.375 e. The summed E-state index contributed by atoms with van der Waals surface area (Å²) in [7, 11) is 0. The Morgan fingerprint density at radius 2 is 1.38 bits per heavy atom. The fraction of sp³-hybridized carbons (Fsp3) is 0.833. The number of carbonyl (C=O) groups excluding carboxylic acids is 3. The van der Waals surface area contributed by atoms with Gasteiger partial charge in [-0.1, -0.05) is 48.5 Å². The van der Waals surface area contributed by atoms with Crippen molar-refractivity contribution in [2.45, 2.75) is 144 Å². The van der Waals surface area contributed by atoms with Crippen LogP contribution >= 0.6 is 0 Å². The topological polar surface area (TPSA) is 102 Å². The number of hydrogen-bond donors (Lipinski definition) is 2. The molecule has 1 heterocycles. The molecular weight excluding hydrogens is 466 g/mol. The van der Waals surface area contributed by atoms with Crippen LogP contribution in [-0.2, 0) is 19.1 Å². The third-order valence-electron chi connectivity index (χ3n) is 8.94. The van der Waals surface area contributed by atoms with E-state index in [-0.39, 0.29) is 34.3 Å². The van der Waals surface area contributed by atoms with E-state index in [9.17, 15) is 14.4 Å². The number of carbonyl (C=O) groups is 3. The van der Waals surface area contributed by atoms with Crippen molar-refractivity contribution < 1.29 is 19.1 Å². The second-order valence-corrected chi connectivity index (χ2v) is 13.8. The molecule has 0 spiro atoms. The Hall–Kier alpha value is -1.73. The van der Waals surface area contributed by atoms with Crippen LogP contribution in [-0.4, -0.2) is 51.4 Å². The van der Waals surface area contributed by atoms with Gasteiger partial charge in [-0.3, -0.25) is 19.3 Å². The van der Waals surface area contributed by atoms with E-state index in [0.717, 1.165) is 32.1 Å². The van der Waals surface area contributed by atoms with Crippen LogP contribution < -0.4 is 11.1 Å². The molecule has 0 aliphatic carbocycles. The van der Waals surface area contributed by atoms with Crippen LogP contribution in [0.3, 0.4) is 0 Å². The van der Waals surface area contributed by atoms with Gasteiger partial charge in [0.25, 0.3) is 11.8 Å². The second kappa shape index (κ2) is 11.6. The lowest BCUT2D eigenvalue weighted by Gasteiger charge is -2.49. The summed E-state index contributed by atoms with van der Waals surface area (Å²) in [6.45, 7) is 25.1. The molecule has 37 heavy (non-hydrogen) atoms. The summed E-state index contributed by atoms with van der Waals surface area (Å²) in [5.41, 5.74) is 3.40. The first-order valence-electron chi connectivity index (χ1n) is 13.9. The van der Waals surface area contributed by atoms with Crippen molar-refractivity contribution in [2.24, 2.45) is 16.6 Å². The summed E-state index contributed by atoms with van der Waals surface area (Å²) in [6, 6.07) is 0. The first kappa shape index (κ1) is 33.3. The van der Waals surface area contributed by atoms with Gasteiger partial charge in [-0.05, 0) is 78.6 Å². The molecule has 214 valence electrons. The highest BCUT2D eigenvalue weighted by molar-refractivity contribution is 6.13. The number of hydrogen-bond acceptors (Lipinski definition) is 5. The van der Waals surface area contributed by atoms with Gasteiger partial charge in [-0.15, -0.1) is 0 Å². The Morgan fingerprint density at radius 1 is 0.865 bits per heavy atom. The molecule has 1 rings (SSSR count). The van der Waals surface area contributed by atoms with Crippen molar-refractivity contribution in [3.05, 3.63) is 12.2 Å². The van der Waals surface area contributed by atoms with Gasteiger partial charge in [-0.25, -0.2) is 0 Å². The number of nitrogens with one attached hydrogen (secondary N) is 1. The standard InChI is InChI=1S/C30H55N3O4/c1-13-28(10,31)18-19-37-30(12,15-3)26(6,7)21-29(11,14-2)32-24(36)25(4,5)20-27(8,9)33-22(34)16-17-23(33)35/h16-17H,13-15,18-21,31H2,1-12H3,(H,32,36). The van der Waals surface area contributed by atoms with Gasteiger partial charge >= 0.3 is 0 Å². The van der Waals surface area contributed by atoms with E-state index in [0.29, 0.717) is 13.0 Å². The number of nitrogens with zero attached hydrogens (tertiary/aromatic N) is 1. The highest BCUT2D eigenvalue weighted by Crippen LogP contribution is 2.44. The van der Waals surface area contributed by atoms with Crippen molar-refractivity contribution in [3.63, 3.8) is 0 Å². The van der Waals surface area contributed by atoms with Crippen LogP contribution in [0.4, 0.5) is 0 Å². The monoisotopic (exact) mass is 521 g/mol. The average molecular weight is 522 g/mol. The lowest BCUT2D eigenvalue weighted by Crippen LogP contribution is -2.58. The molecule has 1 aliphatic heterocycles. The summed E-state index contributed by atoms with van der Waals surface area (Å²) < 4.78 is 6.52. The SMILES string of the molecule is CCC(C)(N)CCOC(C)(CC)C(C)(C)CC(C)(CC)NC(=O)C(C)(C)CC(C)(C)N1C(=O)C=CC1=O. The molecule has 0 fully saturated rings. The maximum absolute atomic E-state index is 13.7. The van der Waals surface area contributed by atoms with Gasteiger partial charge in [-0.2, -0.15) is 0 Å². The summed E-state index contributed by atoms with van der Waals surface area (Å²) in [5, 5.41) is 3.34. The Bertz CT molecular complexity index is 856. The van der Waals surface area contributed by atoms with Crippen molar-refractivity contribution in [3.8, 4) is 0 Å². The largest absolute Gasteiger partial charge is 0.375 e. The third kappa shape index (κ3) is 8.13. The predicted octanol–water partition coefficient (Wildman–Crippen LogP) is 5.51. The van der Waals surface area contributed by atoms with Gasteiger partial charge < -0.3 is 15.8 Å². The minimum atomic E-state index is -0.802. The molecule has 0 radical (unpaired) electrons. The van der Waals surface area contributed by atoms with Gasteiger partial charge in [0, 0.05) is 40.8 Å². The molecule has 0 aromatic heterocycles. The summed E-state index contributed by atoms with van der Waals surface area (Å²) in [4.78, 5) is 39.5. The molecule has 3 atom stereocenters. The van der Waals surface area contributed by atoms with E-state index < -0.39 is 16.5 Å². The highest BCUT2D eigenvalue weighted by atomic mass is 16.5. The van der Waals surface area contributed by atoms with E-state index in [1.54, 1.807) is 0 Å². The minimum absolute atomic E-state index is 0.0891. The summed E-state index contributed by atoms with van der Waals surface area (Å²) >= 11 is 0. The van der Waals surface area contributed by atoms with Crippen molar-refractivity contribution in [1.82, 2.24) is 10.2 Å². The first-order valence-corrected chi connectivity index (χ1v) is 13.9. The van der Waals surface area contributed by atoms with Crippen LogP contribution in [0.25, 0.3) is 0 Å². The number of ether oxygens (including phenoxy) is 1. The molecule has 7 heteroatoms. The fourth-order valence-electron chi connectivity index (χ4n) is 5.56. The maximum Gasteiger partial charge on any atom is 0.254 e. The highest BCUT2D eigenvalue weighted by Gasteiger charge is 2.48. The lowest BCUT2D eigenvalue weighted by molar-refractivity contribution is -0.147. The van der Waals surface area contributed by atoms with E-state index in [4.69, 9.17) is 10.5 Å². The summed E-state index contributed by atoms with van der Waals surface area (Å²) in [5.74, 6) is -0.757. The smallest absolute Gasteiger partial charge is 0.254 e. The van der Waals surface area contributed by atoms with Gasteiger partial charge in [0.15, 0.2) is 0 Å². The molecule has 0 saturated carbocycles. The zero-order valence-electron chi connectivity index (χ0n) is 25.8. The number of amides is 3. The van der Waals surface area contributed by atoms with Crippen LogP contribution in [0, 0.1) is 10.8 Å². The second-order valence-electron chi connectivity index (χ2n) is 13.8. The Morgan fingerprint density at radius 3 is 1.81 bits per heavy atom. The van der Waals surface area contributed by atoms with Crippen LogP contribution in [0.2, 0.25) is 0 Å². The third-order valence-corrected chi connectivity index (χ3v) is 8.94. The van der Waals surface area contributed by atoms with Gasteiger partial charge in [0.05, 0.1) is 5.60 Å². The molecule has 1 aliphatic rings. The van der Waals surface area contributed by atoms with Crippen LogP contribution in [0.15, 0.2) is 12.2 Å². The zero-order chi connectivity index (χ0) is 29.1. The average Bonchev–Trinajstić information content (AvgIpc) is 3.10. The van der Waals surface area contributed by atoms with Gasteiger partial charge in [0.2, 0.25) is 5.91 Å². The normalized spacial score (nSPS) is 20.0. The van der Waals surface area contributed by atoms with Crippen LogP contribution in [0.5, 0.6) is 0 Å². The number of imide groups is 1. The Balaban J connectivity index is 3.02. The molecule has 0 saturated heterocycles. The van der Waals surface area contributed by atoms with Crippen molar-refractivity contribution in [2.75, 3.05) is 6.61 Å². The van der Waals surface area contributed by atoms with E-state index >= 15 is 0 Å². The molecule has 0 bridgehead atoms. The maximum atomic E-state index is 13.7. The quantitative estimate of drug-likeness (QED) is 0.277. The van der Waals surface area contributed by atoms with Crippen molar-refractivity contribution in [1.29, 1.82) is 0 Å². The number of nitrogens with two attached hydrogens (primary N) is 1. The summed E-state index contributed by atoms with van der Waals surface area (Å²) in [6.07, 6.45) is 6.93. The molecule has 3 amide bonds. The van der Waals surface area contributed by atoms with Crippen LogP contribution in [0.1, 0.15) is 122 Å². The zero-order valence-corrected chi connectivity index (χ0v) is 25.8. The lowest BCUT2D eigenvalue weighted by atomic mass is 9.66. The fourth-order valence-corrected chi connectivity index (χ4v) is 5.56. The Kier molecular flexibility index (Phi) is 10.4. The van der Waals surface area contributed by atoms with E-state index in [1.165, 1.54) is 17.1 Å². The molecule has 0 aromatic rings. The van der Waals surface area contributed by atoms with Gasteiger partial charge in [0.1, 0.15) is 0 Å². The molecule has 7 nitrogen and oxygen atoms in total. The van der Waals surface area contributed by atoms with E-state index in [1.807, 2.05) is 27.7 Å². The number of rotatable bonds is 15. The van der Waals surface area contributed by atoms with E-state index in [2.05, 4.69) is 60.7 Å².